The maximum Gasteiger partial charge on any atom is 0.220 e. The molecule has 0 radical (unpaired) electrons. The van der Waals surface area contributed by atoms with Gasteiger partial charge in [0, 0.05) is 17.2 Å². The number of carbonyl (C=O) groups excluding carboxylic acids is 1. The van der Waals surface area contributed by atoms with Crippen LogP contribution in [0.5, 0.6) is 5.75 Å². The summed E-state index contributed by atoms with van der Waals surface area (Å²) in [6.07, 6.45) is 6.00. The molecule has 0 aliphatic carbocycles. The van der Waals surface area contributed by atoms with Crippen LogP contribution in [0.3, 0.4) is 0 Å². The van der Waals surface area contributed by atoms with Gasteiger partial charge in [0.2, 0.25) is 5.91 Å². The van der Waals surface area contributed by atoms with Crippen molar-refractivity contribution in [3.63, 3.8) is 0 Å². The first-order valence-electron chi connectivity index (χ1n) is 11.9. The van der Waals surface area contributed by atoms with Gasteiger partial charge in [-0.3, -0.25) is 9.36 Å². The van der Waals surface area contributed by atoms with Crippen molar-refractivity contribution in [1.29, 1.82) is 0 Å². The number of nitrogens with one attached hydrogen (secondary N) is 1. The van der Waals surface area contributed by atoms with E-state index in [0.717, 1.165) is 30.6 Å². The second-order valence-corrected chi connectivity index (χ2v) is 10.2. The number of ether oxygens (including phenoxy) is 1. The fraction of sp³-hybridized carbons (Fsp3) is 0.423. The van der Waals surface area contributed by atoms with Crippen molar-refractivity contribution in [3.8, 4) is 11.4 Å². The Balaban J connectivity index is 1.81. The molecule has 35 heavy (non-hydrogen) atoms. The molecule has 1 N–H and O–H groups in total. The van der Waals surface area contributed by atoms with E-state index in [1.165, 1.54) is 24.6 Å². The summed E-state index contributed by atoms with van der Waals surface area (Å²) in [5.41, 5.74) is 1.76. The minimum Gasteiger partial charge on any atom is -0.497 e. The molecule has 1 atom stereocenters. The maximum atomic E-state index is 12.6. The van der Waals surface area contributed by atoms with Crippen LogP contribution < -0.4 is 10.1 Å². The predicted molar refractivity (Wildman–Crippen MR) is 144 cm³/mol. The number of rotatable bonds is 13. The van der Waals surface area contributed by atoms with Crippen molar-refractivity contribution in [1.82, 2.24) is 20.1 Å². The molecule has 0 fully saturated rings. The number of thioether (sulfide) groups is 1. The first kappa shape index (κ1) is 27.4. The van der Waals surface area contributed by atoms with Crippen LogP contribution in [-0.2, 0) is 10.5 Å². The number of nitrogens with zero attached hydrogens (tertiary/aromatic N) is 3. The summed E-state index contributed by atoms with van der Waals surface area (Å²) in [6, 6.07) is 12.8. The lowest BCUT2D eigenvalue weighted by Crippen LogP contribution is -2.28. The number of halogens is 2. The number of hydrogen-bond donors (Lipinski definition) is 1. The Hall–Kier alpha value is -2.22. The van der Waals surface area contributed by atoms with Gasteiger partial charge in [-0.05, 0) is 49.2 Å². The van der Waals surface area contributed by atoms with E-state index in [9.17, 15) is 4.79 Å². The summed E-state index contributed by atoms with van der Waals surface area (Å²) in [5, 5.41) is 13.7. The van der Waals surface area contributed by atoms with E-state index in [1.54, 1.807) is 25.3 Å². The average Bonchev–Trinajstić information content (AvgIpc) is 3.28. The summed E-state index contributed by atoms with van der Waals surface area (Å²) in [4.78, 5) is 12.6. The van der Waals surface area contributed by atoms with Gasteiger partial charge >= 0.3 is 0 Å². The van der Waals surface area contributed by atoms with Crippen LogP contribution in [0.1, 0.15) is 69.8 Å². The van der Waals surface area contributed by atoms with Crippen molar-refractivity contribution in [2.75, 3.05) is 7.11 Å². The third-order valence-corrected chi connectivity index (χ3v) is 7.14. The number of methoxy groups -OCH3 is 1. The monoisotopic (exact) mass is 534 g/mol. The number of hydrogen-bond acceptors (Lipinski definition) is 5. The first-order valence-corrected chi connectivity index (χ1v) is 13.6. The minimum absolute atomic E-state index is 0.00585. The highest BCUT2D eigenvalue weighted by Crippen LogP contribution is 2.33. The van der Waals surface area contributed by atoms with Crippen LogP contribution in [0.2, 0.25) is 10.0 Å². The molecule has 1 heterocycles. The summed E-state index contributed by atoms with van der Waals surface area (Å²) >= 11 is 14.4. The predicted octanol–water partition coefficient (Wildman–Crippen LogP) is 7.41. The molecular weight excluding hydrogens is 503 g/mol. The lowest BCUT2D eigenvalue weighted by atomic mass is 10.1. The van der Waals surface area contributed by atoms with Gasteiger partial charge in [-0.1, -0.05) is 79.7 Å². The van der Waals surface area contributed by atoms with E-state index in [2.05, 4.69) is 22.4 Å². The Kier molecular flexibility index (Phi) is 10.8. The van der Waals surface area contributed by atoms with Gasteiger partial charge in [0.25, 0.3) is 0 Å². The Morgan fingerprint density at radius 3 is 2.69 bits per heavy atom. The molecule has 3 aromatic rings. The van der Waals surface area contributed by atoms with E-state index in [-0.39, 0.29) is 11.9 Å². The van der Waals surface area contributed by atoms with Crippen molar-refractivity contribution in [2.45, 2.75) is 69.3 Å². The molecule has 6 nitrogen and oxygen atoms in total. The fourth-order valence-corrected chi connectivity index (χ4v) is 4.98. The Morgan fingerprint density at radius 1 is 1.11 bits per heavy atom. The average molecular weight is 536 g/mol. The smallest absolute Gasteiger partial charge is 0.220 e. The highest BCUT2D eigenvalue weighted by molar-refractivity contribution is 7.98. The molecule has 0 saturated carbocycles. The molecule has 0 spiro atoms. The molecule has 0 bridgehead atoms. The van der Waals surface area contributed by atoms with E-state index < -0.39 is 0 Å². The molecule has 1 amide bonds. The van der Waals surface area contributed by atoms with Gasteiger partial charge in [0.1, 0.15) is 5.75 Å². The molecule has 0 aliphatic heterocycles. The maximum absolute atomic E-state index is 12.6. The molecule has 0 aliphatic rings. The number of carbonyl (C=O) groups is 1. The Bertz CT molecular complexity index is 1120. The summed E-state index contributed by atoms with van der Waals surface area (Å²) in [7, 11) is 1.65. The van der Waals surface area contributed by atoms with Gasteiger partial charge in [-0.15, -0.1) is 10.2 Å². The normalized spacial score (nSPS) is 11.9. The van der Waals surface area contributed by atoms with Crippen LogP contribution in [0.4, 0.5) is 0 Å². The molecule has 0 saturated heterocycles. The molecule has 1 aromatic heterocycles. The molecular formula is C26H32Cl2N4O2S. The summed E-state index contributed by atoms with van der Waals surface area (Å²) in [5.74, 6) is 2.06. The van der Waals surface area contributed by atoms with Crippen LogP contribution >= 0.6 is 35.0 Å². The molecule has 2 aromatic carbocycles. The number of amides is 1. The van der Waals surface area contributed by atoms with Gasteiger partial charge in [0.05, 0.1) is 23.9 Å². The number of unbranched alkanes of at least 4 members (excludes halogenated alkanes) is 4. The third-order valence-electron chi connectivity index (χ3n) is 5.58. The molecule has 188 valence electrons. The quantitative estimate of drug-likeness (QED) is 0.182. The number of benzene rings is 2. The summed E-state index contributed by atoms with van der Waals surface area (Å²) in [6.45, 7) is 4.09. The van der Waals surface area contributed by atoms with Crippen molar-refractivity contribution < 1.29 is 9.53 Å². The minimum atomic E-state index is -0.355. The highest BCUT2D eigenvalue weighted by Gasteiger charge is 2.22. The second kappa shape index (κ2) is 13.8. The first-order chi connectivity index (χ1) is 16.9. The van der Waals surface area contributed by atoms with Crippen LogP contribution in [0.15, 0.2) is 47.6 Å². The van der Waals surface area contributed by atoms with Gasteiger partial charge in [-0.25, -0.2) is 0 Å². The number of aromatic nitrogens is 3. The highest BCUT2D eigenvalue weighted by atomic mass is 35.5. The fourth-order valence-electron chi connectivity index (χ4n) is 3.72. The molecule has 1 unspecified atom stereocenters. The van der Waals surface area contributed by atoms with Crippen molar-refractivity contribution >= 4 is 40.9 Å². The Morgan fingerprint density at radius 2 is 1.91 bits per heavy atom. The van der Waals surface area contributed by atoms with E-state index in [0.29, 0.717) is 38.9 Å². The van der Waals surface area contributed by atoms with Gasteiger partial charge in [-0.2, -0.15) is 0 Å². The SMILES string of the molecule is CCCCCCCC(=O)NC(C)c1nnc(SCc2cccc(OC)c2)n1-c1cc(Cl)ccc1Cl. The van der Waals surface area contributed by atoms with Crippen molar-refractivity contribution in [3.05, 3.63) is 63.9 Å². The zero-order chi connectivity index (χ0) is 25.2. The van der Waals surface area contributed by atoms with Crippen LogP contribution in [0.25, 0.3) is 5.69 Å². The third kappa shape index (κ3) is 7.89. The lowest BCUT2D eigenvalue weighted by Gasteiger charge is -2.17. The van der Waals surface area contributed by atoms with E-state index in [1.807, 2.05) is 35.8 Å². The zero-order valence-corrected chi connectivity index (χ0v) is 22.7. The second-order valence-electron chi connectivity index (χ2n) is 8.37. The zero-order valence-electron chi connectivity index (χ0n) is 20.4. The largest absolute Gasteiger partial charge is 0.497 e. The molecule has 9 heteroatoms. The van der Waals surface area contributed by atoms with Gasteiger partial charge < -0.3 is 10.1 Å². The van der Waals surface area contributed by atoms with Gasteiger partial charge in [0.15, 0.2) is 11.0 Å². The Labute approximate surface area is 221 Å². The topological polar surface area (TPSA) is 69.0 Å². The van der Waals surface area contributed by atoms with E-state index in [4.69, 9.17) is 27.9 Å². The van der Waals surface area contributed by atoms with Crippen LogP contribution in [-0.4, -0.2) is 27.8 Å². The standard InChI is InChI=1S/C26H32Cl2N4O2S/c1-4-5-6-7-8-12-24(33)29-18(2)25-30-31-26(32(25)23-16-20(27)13-14-22(23)28)35-17-19-10-9-11-21(15-19)34-3/h9-11,13-16,18H,4-8,12,17H2,1-3H3,(H,29,33). The van der Waals surface area contributed by atoms with E-state index >= 15 is 0 Å². The summed E-state index contributed by atoms with van der Waals surface area (Å²) < 4.78 is 7.21. The van der Waals surface area contributed by atoms with Crippen molar-refractivity contribution in [2.24, 2.45) is 0 Å². The molecule has 3 rings (SSSR count). The lowest BCUT2D eigenvalue weighted by molar-refractivity contribution is -0.121. The van der Waals surface area contributed by atoms with Crippen LogP contribution in [0, 0.1) is 0 Å².